The van der Waals surface area contributed by atoms with Gasteiger partial charge in [-0.3, -0.25) is 5.43 Å². The van der Waals surface area contributed by atoms with Crippen LogP contribution in [-0.2, 0) is 0 Å². The SMILES string of the molecule is CC1(CNc2nc(NN)ncc2Cl)CC1. The van der Waals surface area contributed by atoms with Gasteiger partial charge in [0.05, 0.1) is 6.20 Å². The average Bonchev–Trinajstić information content (AvgIpc) is 2.96. The van der Waals surface area contributed by atoms with Crippen LogP contribution in [0.1, 0.15) is 19.8 Å². The van der Waals surface area contributed by atoms with Gasteiger partial charge in [0.25, 0.3) is 0 Å². The van der Waals surface area contributed by atoms with E-state index < -0.39 is 0 Å². The summed E-state index contributed by atoms with van der Waals surface area (Å²) >= 11 is 5.95. The van der Waals surface area contributed by atoms with Crippen LogP contribution in [0.3, 0.4) is 0 Å². The van der Waals surface area contributed by atoms with Crippen LogP contribution in [0.25, 0.3) is 0 Å². The Morgan fingerprint density at radius 2 is 2.33 bits per heavy atom. The highest BCUT2D eigenvalue weighted by molar-refractivity contribution is 6.32. The third kappa shape index (κ3) is 2.49. The van der Waals surface area contributed by atoms with Gasteiger partial charge in [0.2, 0.25) is 5.95 Å². The van der Waals surface area contributed by atoms with Crippen molar-refractivity contribution in [2.75, 3.05) is 17.3 Å². The van der Waals surface area contributed by atoms with Gasteiger partial charge in [0.15, 0.2) is 5.82 Å². The van der Waals surface area contributed by atoms with Crippen LogP contribution >= 0.6 is 11.6 Å². The van der Waals surface area contributed by atoms with E-state index in [0.29, 0.717) is 22.2 Å². The van der Waals surface area contributed by atoms with Crippen molar-refractivity contribution in [3.8, 4) is 0 Å². The van der Waals surface area contributed by atoms with Gasteiger partial charge >= 0.3 is 0 Å². The van der Waals surface area contributed by atoms with Crippen molar-refractivity contribution in [3.05, 3.63) is 11.2 Å². The predicted octanol–water partition coefficient (Wildman–Crippen LogP) is 1.63. The topological polar surface area (TPSA) is 75.9 Å². The number of rotatable bonds is 4. The summed E-state index contributed by atoms with van der Waals surface area (Å²) in [4.78, 5) is 8.03. The Hall–Kier alpha value is -1.07. The molecule has 0 saturated heterocycles. The second kappa shape index (κ2) is 3.83. The first-order valence-corrected chi connectivity index (χ1v) is 5.24. The molecule has 2 rings (SSSR count). The van der Waals surface area contributed by atoms with Crippen molar-refractivity contribution in [1.29, 1.82) is 0 Å². The van der Waals surface area contributed by atoms with E-state index in [0.717, 1.165) is 6.54 Å². The number of hydrogen-bond acceptors (Lipinski definition) is 5. The van der Waals surface area contributed by atoms with Gasteiger partial charge in [0.1, 0.15) is 5.02 Å². The van der Waals surface area contributed by atoms with E-state index in [4.69, 9.17) is 17.4 Å². The minimum absolute atomic E-state index is 0.364. The fraction of sp³-hybridized carbons (Fsp3) is 0.556. The number of hydrazine groups is 1. The third-order valence-electron chi connectivity index (χ3n) is 2.66. The molecule has 1 fully saturated rings. The zero-order valence-electron chi connectivity index (χ0n) is 8.55. The Kier molecular flexibility index (Phi) is 2.67. The summed E-state index contributed by atoms with van der Waals surface area (Å²) in [5.74, 6) is 6.21. The molecule has 5 nitrogen and oxygen atoms in total. The van der Waals surface area contributed by atoms with E-state index in [2.05, 4.69) is 27.6 Å². The number of nitrogen functional groups attached to an aromatic ring is 1. The van der Waals surface area contributed by atoms with Crippen molar-refractivity contribution in [2.45, 2.75) is 19.8 Å². The summed E-state index contributed by atoms with van der Waals surface area (Å²) in [6, 6.07) is 0. The van der Waals surface area contributed by atoms with E-state index in [1.165, 1.54) is 19.0 Å². The van der Waals surface area contributed by atoms with Crippen LogP contribution in [0.5, 0.6) is 0 Å². The molecule has 1 heterocycles. The normalized spacial score (nSPS) is 17.3. The minimum atomic E-state index is 0.364. The molecule has 0 amide bonds. The van der Waals surface area contributed by atoms with Gasteiger partial charge in [0, 0.05) is 6.54 Å². The summed E-state index contributed by atoms with van der Waals surface area (Å²) in [6.07, 6.45) is 4.04. The molecule has 0 bridgehead atoms. The lowest BCUT2D eigenvalue weighted by Gasteiger charge is -2.12. The third-order valence-corrected chi connectivity index (χ3v) is 2.94. The van der Waals surface area contributed by atoms with Crippen LogP contribution < -0.4 is 16.6 Å². The standard InChI is InChI=1S/C9H14ClN5/c1-9(2-3-9)5-13-7-6(10)4-12-8(14-7)15-11/h4H,2-3,5,11H2,1H3,(H2,12,13,14,15). The smallest absolute Gasteiger partial charge is 0.239 e. The molecule has 0 aromatic carbocycles. The van der Waals surface area contributed by atoms with Gasteiger partial charge in [-0.05, 0) is 18.3 Å². The summed E-state index contributed by atoms with van der Waals surface area (Å²) in [7, 11) is 0. The van der Waals surface area contributed by atoms with Crippen LogP contribution in [-0.4, -0.2) is 16.5 Å². The van der Waals surface area contributed by atoms with Crippen molar-refractivity contribution in [3.63, 3.8) is 0 Å². The fourth-order valence-electron chi connectivity index (χ4n) is 1.25. The average molecular weight is 228 g/mol. The number of halogens is 1. The number of anilines is 2. The van der Waals surface area contributed by atoms with Gasteiger partial charge in [-0.2, -0.15) is 4.98 Å². The van der Waals surface area contributed by atoms with Crippen molar-refractivity contribution in [1.82, 2.24) is 9.97 Å². The Morgan fingerprint density at radius 1 is 1.60 bits per heavy atom. The van der Waals surface area contributed by atoms with Gasteiger partial charge in [-0.15, -0.1) is 0 Å². The van der Waals surface area contributed by atoms with Crippen LogP contribution in [0.4, 0.5) is 11.8 Å². The molecular weight excluding hydrogens is 214 g/mol. The number of hydrogen-bond donors (Lipinski definition) is 3. The lowest BCUT2D eigenvalue weighted by Crippen LogP contribution is -2.15. The van der Waals surface area contributed by atoms with E-state index in [1.807, 2.05) is 0 Å². The largest absolute Gasteiger partial charge is 0.368 e. The molecule has 82 valence electrons. The highest BCUT2D eigenvalue weighted by Gasteiger charge is 2.36. The second-order valence-electron chi connectivity index (χ2n) is 4.20. The number of nitrogens with zero attached hydrogens (tertiary/aromatic N) is 2. The van der Waals surface area contributed by atoms with E-state index in [-0.39, 0.29) is 0 Å². The molecule has 1 aliphatic carbocycles. The lowest BCUT2D eigenvalue weighted by atomic mass is 10.1. The molecule has 1 saturated carbocycles. The number of nitrogens with two attached hydrogens (primary N) is 1. The molecule has 6 heteroatoms. The summed E-state index contributed by atoms with van der Waals surface area (Å²) in [5, 5.41) is 3.72. The van der Waals surface area contributed by atoms with E-state index in [9.17, 15) is 0 Å². The summed E-state index contributed by atoms with van der Waals surface area (Å²) < 4.78 is 0. The Bertz CT molecular complexity index is 364. The molecule has 0 radical (unpaired) electrons. The predicted molar refractivity (Wildman–Crippen MR) is 60.7 cm³/mol. The van der Waals surface area contributed by atoms with Crippen molar-refractivity contribution in [2.24, 2.45) is 11.3 Å². The minimum Gasteiger partial charge on any atom is -0.368 e. The quantitative estimate of drug-likeness (QED) is 0.539. The lowest BCUT2D eigenvalue weighted by molar-refractivity contribution is 0.609. The first kappa shape index (κ1) is 10.4. The Balaban J connectivity index is 2.05. The fourth-order valence-corrected chi connectivity index (χ4v) is 1.41. The monoisotopic (exact) mass is 227 g/mol. The zero-order valence-corrected chi connectivity index (χ0v) is 9.30. The van der Waals surface area contributed by atoms with Gasteiger partial charge in [-0.1, -0.05) is 18.5 Å². The maximum atomic E-state index is 5.95. The van der Waals surface area contributed by atoms with Crippen molar-refractivity contribution >= 4 is 23.4 Å². The summed E-state index contributed by atoms with van der Waals surface area (Å²) in [5.41, 5.74) is 2.79. The van der Waals surface area contributed by atoms with E-state index >= 15 is 0 Å². The number of nitrogens with one attached hydrogen (secondary N) is 2. The molecule has 0 atom stereocenters. The second-order valence-corrected chi connectivity index (χ2v) is 4.61. The van der Waals surface area contributed by atoms with Crippen LogP contribution in [0, 0.1) is 5.41 Å². The van der Waals surface area contributed by atoms with Gasteiger partial charge in [-0.25, -0.2) is 10.8 Å². The van der Waals surface area contributed by atoms with E-state index in [1.54, 1.807) is 0 Å². The highest BCUT2D eigenvalue weighted by atomic mass is 35.5. The molecule has 1 aromatic heterocycles. The van der Waals surface area contributed by atoms with Gasteiger partial charge < -0.3 is 5.32 Å². The molecule has 1 aromatic rings. The number of aromatic nitrogens is 2. The first-order valence-electron chi connectivity index (χ1n) is 4.86. The van der Waals surface area contributed by atoms with Crippen LogP contribution in [0.15, 0.2) is 6.20 Å². The molecular formula is C9H14ClN5. The molecule has 1 aliphatic rings. The highest BCUT2D eigenvalue weighted by Crippen LogP contribution is 2.44. The van der Waals surface area contributed by atoms with Crippen molar-refractivity contribution < 1.29 is 0 Å². The molecule has 15 heavy (non-hydrogen) atoms. The Labute approximate surface area is 93.4 Å². The Morgan fingerprint density at radius 3 is 2.93 bits per heavy atom. The maximum absolute atomic E-state index is 5.95. The first-order chi connectivity index (χ1) is 7.13. The maximum Gasteiger partial charge on any atom is 0.239 e. The van der Waals surface area contributed by atoms with Crippen LogP contribution in [0.2, 0.25) is 5.02 Å². The molecule has 0 aliphatic heterocycles. The molecule has 0 unspecified atom stereocenters. The summed E-state index contributed by atoms with van der Waals surface area (Å²) in [6.45, 7) is 3.12. The molecule has 0 spiro atoms. The zero-order chi connectivity index (χ0) is 10.9. The molecule has 4 N–H and O–H groups in total.